The molecule has 1 spiro atoms. The van der Waals surface area contributed by atoms with Crippen LogP contribution in [0.4, 0.5) is 0 Å². The van der Waals surface area contributed by atoms with Gasteiger partial charge in [-0.2, -0.15) is 0 Å². The highest BCUT2D eigenvalue weighted by Crippen LogP contribution is 2.68. The van der Waals surface area contributed by atoms with Gasteiger partial charge in [0, 0.05) is 28.4 Å². The van der Waals surface area contributed by atoms with E-state index in [-0.39, 0.29) is 17.6 Å². The number of ether oxygens (including phenoxy) is 2. The van der Waals surface area contributed by atoms with Gasteiger partial charge in [-0.3, -0.25) is 0 Å². The first kappa shape index (κ1) is 18.1. The highest BCUT2D eigenvalue weighted by atomic mass is 16.6. The molecule has 0 amide bonds. The second-order valence-electron chi connectivity index (χ2n) is 9.22. The molecule has 1 aromatic carbocycles. The smallest absolute Gasteiger partial charge is 0.170 e. The van der Waals surface area contributed by atoms with Crippen LogP contribution in [0.15, 0.2) is 6.07 Å². The van der Waals surface area contributed by atoms with Crippen LogP contribution in [-0.2, 0) is 10.2 Å². The van der Waals surface area contributed by atoms with E-state index in [0.29, 0.717) is 25.2 Å². The zero-order valence-corrected chi connectivity index (χ0v) is 16.3. The van der Waals surface area contributed by atoms with Gasteiger partial charge in [0.05, 0.1) is 19.8 Å². The Morgan fingerprint density at radius 2 is 1.96 bits per heavy atom. The zero-order chi connectivity index (χ0) is 19.1. The minimum atomic E-state index is -1.17. The van der Waals surface area contributed by atoms with E-state index in [2.05, 4.69) is 0 Å². The largest absolute Gasteiger partial charge is 0.504 e. The maximum absolute atomic E-state index is 11.2. The summed E-state index contributed by atoms with van der Waals surface area (Å²) in [6.45, 7) is 8.48. The number of rotatable bonds is 2. The molecule has 0 aromatic heterocycles. The van der Waals surface area contributed by atoms with Gasteiger partial charge < -0.3 is 24.8 Å². The number of phenolic OH excluding ortho intramolecular Hbond substituents is 1. The van der Waals surface area contributed by atoms with E-state index in [0.717, 1.165) is 23.1 Å². The van der Waals surface area contributed by atoms with Crippen molar-refractivity contribution in [3.63, 3.8) is 0 Å². The molecule has 5 nitrogen and oxygen atoms in total. The second-order valence-corrected chi connectivity index (χ2v) is 9.22. The summed E-state index contributed by atoms with van der Waals surface area (Å²) in [5.41, 5.74) is 1.53. The number of aliphatic hydroxyl groups excluding tert-OH is 1. The van der Waals surface area contributed by atoms with Crippen LogP contribution in [0, 0.1) is 11.3 Å². The Kier molecular flexibility index (Phi) is 3.73. The van der Waals surface area contributed by atoms with Gasteiger partial charge in [-0.15, -0.1) is 0 Å². The normalized spacial score (nSPS) is 37.4. The third-order valence-electron chi connectivity index (χ3n) is 7.48. The van der Waals surface area contributed by atoms with Crippen LogP contribution in [0.3, 0.4) is 0 Å². The Labute approximate surface area is 154 Å². The fourth-order valence-corrected chi connectivity index (χ4v) is 5.89. The summed E-state index contributed by atoms with van der Waals surface area (Å²) in [5.74, 6) is -0.368. The van der Waals surface area contributed by atoms with Gasteiger partial charge in [-0.25, -0.2) is 0 Å². The van der Waals surface area contributed by atoms with E-state index >= 15 is 0 Å². The third kappa shape index (κ3) is 1.97. The summed E-state index contributed by atoms with van der Waals surface area (Å²) in [4.78, 5) is 0. The number of phenols is 1. The lowest BCUT2D eigenvalue weighted by molar-refractivity contribution is -0.359. The molecule has 2 aliphatic carbocycles. The first-order valence-electron chi connectivity index (χ1n) is 9.57. The molecule has 3 fully saturated rings. The van der Waals surface area contributed by atoms with Crippen molar-refractivity contribution in [3.05, 3.63) is 22.8 Å². The Balaban J connectivity index is 2.00. The molecule has 144 valence electrons. The molecule has 26 heavy (non-hydrogen) atoms. The van der Waals surface area contributed by atoms with Crippen molar-refractivity contribution < 1.29 is 24.8 Å². The first-order valence-corrected chi connectivity index (χ1v) is 9.57. The van der Waals surface area contributed by atoms with Crippen LogP contribution in [0.5, 0.6) is 11.5 Å². The molecule has 4 aliphatic rings. The van der Waals surface area contributed by atoms with Crippen molar-refractivity contribution in [3.8, 4) is 11.5 Å². The van der Waals surface area contributed by atoms with Crippen molar-refractivity contribution in [1.29, 1.82) is 0 Å². The number of hydrogen-bond acceptors (Lipinski definition) is 5. The van der Waals surface area contributed by atoms with Gasteiger partial charge in [-0.1, -0.05) is 27.7 Å². The van der Waals surface area contributed by atoms with E-state index in [9.17, 15) is 15.3 Å². The van der Waals surface area contributed by atoms with E-state index in [1.807, 2.05) is 33.8 Å². The lowest BCUT2D eigenvalue weighted by Crippen LogP contribution is -2.69. The molecule has 4 atom stereocenters. The third-order valence-corrected chi connectivity index (χ3v) is 7.48. The standard InChI is InChI=1S/C21H30O5/c1-11(2)12-8-13-14(22)9-15-19(3,4)21(24)7-6-20(15,10-26-21)16(13)17(23)18(12)25-5/h8,11,14-15,22-24H,6-7,9-10H2,1-5H3/t14-,15+,20-,21+/m1/s1. The van der Waals surface area contributed by atoms with E-state index in [4.69, 9.17) is 9.47 Å². The van der Waals surface area contributed by atoms with Gasteiger partial charge in [-0.05, 0) is 36.3 Å². The quantitative estimate of drug-likeness (QED) is 0.752. The lowest BCUT2D eigenvalue weighted by Gasteiger charge is -2.66. The number of benzene rings is 1. The minimum absolute atomic E-state index is 0.0190. The van der Waals surface area contributed by atoms with E-state index < -0.39 is 22.7 Å². The summed E-state index contributed by atoms with van der Waals surface area (Å²) in [7, 11) is 1.57. The first-order chi connectivity index (χ1) is 12.1. The van der Waals surface area contributed by atoms with Crippen LogP contribution in [-0.4, -0.2) is 34.8 Å². The van der Waals surface area contributed by atoms with Crippen LogP contribution < -0.4 is 4.74 Å². The van der Waals surface area contributed by atoms with Crippen LogP contribution in [0.1, 0.15) is 75.7 Å². The molecule has 1 saturated carbocycles. The van der Waals surface area contributed by atoms with Crippen LogP contribution in [0.25, 0.3) is 0 Å². The molecule has 1 aromatic rings. The zero-order valence-electron chi connectivity index (χ0n) is 16.3. The maximum atomic E-state index is 11.2. The SMILES string of the molecule is COc1c(C(C)C)cc2c(c1O)[C@]13CC[C@](O)(OC1)C(C)(C)[C@@H]3C[C@H]2O. The molecule has 2 saturated heterocycles. The summed E-state index contributed by atoms with van der Waals surface area (Å²) in [6.07, 6.45) is 1.15. The summed E-state index contributed by atoms with van der Waals surface area (Å²) in [5, 5.41) is 33.2. The molecular weight excluding hydrogens is 332 g/mol. The summed E-state index contributed by atoms with van der Waals surface area (Å²) in [6, 6.07) is 2.00. The number of aromatic hydroxyl groups is 1. The fraction of sp³-hybridized carbons (Fsp3) is 0.714. The van der Waals surface area contributed by atoms with Gasteiger partial charge in [0.2, 0.25) is 0 Å². The summed E-state index contributed by atoms with van der Waals surface area (Å²) < 4.78 is 11.5. The minimum Gasteiger partial charge on any atom is -0.504 e. The molecular formula is C21H30O5. The van der Waals surface area contributed by atoms with Crippen molar-refractivity contribution in [2.24, 2.45) is 11.3 Å². The molecule has 3 N–H and O–H groups in total. The van der Waals surface area contributed by atoms with E-state index in [1.165, 1.54) is 0 Å². The van der Waals surface area contributed by atoms with Crippen molar-refractivity contribution >= 4 is 0 Å². The molecule has 2 aliphatic heterocycles. The van der Waals surface area contributed by atoms with Gasteiger partial charge in [0.1, 0.15) is 0 Å². The second kappa shape index (κ2) is 5.37. The topological polar surface area (TPSA) is 79.2 Å². The molecule has 2 heterocycles. The predicted octanol–water partition coefficient (Wildman–Crippen LogP) is 3.35. The highest BCUT2D eigenvalue weighted by Gasteiger charge is 2.68. The highest BCUT2D eigenvalue weighted by molar-refractivity contribution is 5.61. The lowest BCUT2D eigenvalue weighted by atomic mass is 9.45. The van der Waals surface area contributed by atoms with Crippen LogP contribution in [0.2, 0.25) is 0 Å². The number of aliphatic hydroxyl groups is 2. The number of fused-ring (bicyclic) bond motifs is 3. The van der Waals surface area contributed by atoms with Crippen molar-refractivity contribution in [1.82, 2.24) is 0 Å². The Morgan fingerprint density at radius 3 is 2.50 bits per heavy atom. The summed E-state index contributed by atoms with van der Waals surface area (Å²) >= 11 is 0. The Bertz CT molecular complexity index is 743. The monoisotopic (exact) mass is 362 g/mol. The maximum Gasteiger partial charge on any atom is 0.170 e. The fourth-order valence-electron chi connectivity index (χ4n) is 5.89. The molecule has 5 rings (SSSR count). The predicted molar refractivity (Wildman–Crippen MR) is 97.4 cm³/mol. The molecule has 2 bridgehead atoms. The number of methoxy groups -OCH3 is 1. The number of hydrogen-bond donors (Lipinski definition) is 3. The average molecular weight is 362 g/mol. The molecule has 5 heteroatoms. The Hall–Kier alpha value is -1.30. The molecule has 0 unspecified atom stereocenters. The van der Waals surface area contributed by atoms with Crippen molar-refractivity contribution in [2.75, 3.05) is 13.7 Å². The van der Waals surface area contributed by atoms with Gasteiger partial charge >= 0.3 is 0 Å². The average Bonchev–Trinajstić information content (AvgIpc) is 2.58. The van der Waals surface area contributed by atoms with Gasteiger partial charge in [0.15, 0.2) is 17.3 Å². The van der Waals surface area contributed by atoms with Crippen molar-refractivity contribution in [2.45, 2.75) is 70.2 Å². The van der Waals surface area contributed by atoms with E-state index in [1.54, 1.807) is 7.11 Å². The van der Waals surface area contributed by atoms with Gasteiger partial charge in [0.25, 0.3) is 0 Å². The molecule has 0 radical (unpaired) electrons. The Morgan fingerprint density at radius 1 is 1.27 bits per heavy atom. The van der Waals surface area contributed by atoms with Crippen LogP contribution >= 0.6 is 0 Å².